The van der Waals surface area contributed by atoms with Crippen molar-refractivity contribution in [3.8, 4) is 0 Å². The lowest BCUT2D eigenvalue weighted by molar-refractivity contribution is -0.138. The van der Waals surface area contributed by atoms with Crippen LogP contribution in [-0.4, -0.2) is 23.7 Å². The molecule has 104 valence electrons. The number of rotatable bonds is 10. The third-order valence-electron chi connectivity index (χ3n) is 2.44. The number of carbonyl (C=O) groups is 2. The van der Waals surface area contributed by atoms with Crippen LogP contribution in [0.15, 0.2) is 11.6 Å². The average molecular weight is 256 g/mol. The van der Waals surface area contributed by atoms with Gasteiger partial charge in [-0.25, -0.2) is 4.79 Å². The number of unbranched alkanes of at least 4 members (excludes halogenated alkanes) is 5. The fraction of sp³-hybridized carbons (Fsp3) is 0.714. The minimum absolute atomic E-state index is 0.264. The van der Waals surface area contributed by atoms with Crippen molar-refractivity contribution in [1.82, 2.24) is 0 Å². The third kappa shape index (κ3) is 12.7. The van der Waals surface area contributed by atoms with E-state index in [-0.39, 0.29) is 12.4 Å². The Morgan fingerprint density at radius 3 is 2.11 bits per heavy atom. The van der Waals surface area contributed by atoms with Gasteiger partial charge >= 0.3 is 11.9 Å². The van der Waals surface area contributed by atoms with Crippen LogP contribution in [0.5, 0.6) is 0 Å². The van der Waals surface area contributed by atoms with Gasteiger partial charge in [0.25, 0.3) is 0 Å². The van der Waals surface area contributed by atoms with E-state index in [2.05, 4.69) is 0 Å². The molecule has 0 aromatic carbocycles. The van der Waals surface area contributed by atoms with Crippen LogP contribution < -0.4 is 0 Å². The Kier molecular flexibility index (Phi) is 10.0. The summed E-state index contributed by atoms with van der Waals surface area (Å²) in [5, 5.41) is 8.45. The van der Waals surface area contributed by atoms with Crippen molar-refractivity contribution in [2.75, 3.05) is 6.61 Å². The number of aliphatic carboxylic acids is 1. The first-order chi connectivity index (χ1) is 8.52. The van der Waals surface area contributed by atoms with E-state index in [1.165, 1.54) is 6.08 Å². The highest BCUT2D eigenvalue weighted by molar-refractivity contribution is 5.82. The molecule has 0 aromatic rings. The van der Waals surface area contributed by atoms with E-state index in [4.69, 9.17) is 9.84 Å². The van der Waals surface area contributed by atoms with Gasteiger partial charge in [-0.1, -0.05) is 31.3 Å². The van der Waals surface area contributed by atoms with Gasteiger partial charge < -0.3 is 9.84 Å². The molecule has 0 atom stereocenters. The Labute approximate surface area is 109 Å². The average Bonchev–Trinajstić information content (AvgIpc) is 2.25. The van der Waals surface area contributed by atoms with Crippen molar-refractivity contribution in [3.63, 3.8) is 0 Å². The van der Waals surface area contributed by atoms with E-state index in [1.807, 2.05) is 13.8 Å². The van der Waals surface area contributed by atoms with E-state index >= 15 is 0 Å². The maximum absolute atomic E-state index is 11.1. The number of carbonyl (C=O) groups excluding carboxylic acids is 1. The topological polar surface area (TPSA) is 63.6 Å². The summed E-state index contributed by atoms with van der Waals surface area (Å²) < 4.78 is 5.02. The SMILES string of the molecule is CC(C)=CC(=O)OCCCCCCCCC(=O)O. The first-order valence-electron chi connectivity index (χ1n) is 6.56. The fourth-order valence-electron chi connectivity index (χ4n) is 1.54. The molecule has 0 radical (unpaired) electrons. The predicted molar refractivity (Wildman–Crippen MR) is 70.3 cm³/mol. The van der Waals surface area contributed by atoms with Gasteiger partial charge in [0.1, 0.15) is 0 Å². The molecule has 0 aliphatic heterocycles. The maximum Gasteiger partial charge on any atom is 0.330 e. The molecule has 1 N–H and O–H groups in total. The molecule has 0 aliphatic carbocycles. The summed E-state index contributed by atoms with van der Waals surface area (Å²) in [5.41, 5.74) is 0.943. The highest BCUT2D eigenvalue weighted by atomic mass is 16.5. The molecule has 0 rings (SSSR count). The van der Waals surface area contributed by atoms with Gasteiger partial charge in [-0.3, -0.25) is 4.79 Å². The van der Waals surface area contributed by atoms with Crippen molar-refractivity contribution in [2.24, 2.45) is 0 Å². The second kappa shape index (κ2) is 10.8. The molecule has 4 heteroatoms. The lowest BCUT2D eigenvalue weighted by Gasteiger charge is -2.02. The van der Waals surface area contributed by atoms with Gasteiger partial charge in [-0.2, -0.15) is 0 Å². The fourth-order valence-corrected chi connectivity index (χ4v) is 1.54. The van der Waals surface area contributed by atoms with Gasteiger partial charge in [-0.15, -0.1) is 0 Å². The number of hydrogen-bond donors (Lipinski definition) is 1. The molecule has 4 nitrogen and oxygen atoms in total. The first kappa shape index (κ1) is 16.7. The molecule has 0 amide bonds. The Morgan fingerprint density at radius 1 is 1.00 bits per heavy atom. The highest BCUT2D eigenvalue weighted by Gasteiger charge is 1.98. The number of allylic oxidation sites excluding steroid dienone is 1. The second-order valence-corrected chi connectivity index (χ2v) is 4.65. The van der Waals surface area contributed by atoms with Crippen molar-refractivity contribution in [3.05, 3.63) is 11.6 Å². The van der Waals surface area contributed by atoms with Crippen molar-refractivity contribution in [2.45, 2.75) is 58.8 Å². The maximum atomic E-state index is 11.1. The van der Waals surface area contributed by atoms with Crippen molar-refractivity contribution >= 4 is 11.9 Å². The van der Waals surface area contributed by atoms with Gasteiger partial charge in [0.2, 0.25) is 0 Å². The molecule has 0 saturated heterocycles. The molecule has 0 bridgehead atoms. The monoisotopic (exact) mass is 256 g/mol. The first-order valence-corrected chi connectivity index (χ1v) is 6.56. The minimum Gasteiger partial charge on any atom is -0.481 e. The summed E-state index contributed by atoms with van der Waals surface area (Å²) in [5.74, 6) is -0.988. The van der Waals surface area contributed by atoms with E-state index < -0.39 is 5.97 Å². The normalized spacial score (nSPS) is 9.89. The molecule has 0 heterocycles. The summed E-state index contributed by atoms with van der Waals surface area (Å²) in [6.07, 6.45) is 7.49. The summed E-state index contributed by atoms with van der Waals surface area (Å²) in [7, 11) is 0. The van der Waals surface area contributed by atoms with E-state index in [9.17, 15) is 9.59 Å². The van der Waals surface area contributed by atoms with Crippen LogP contribution in [0.25, 0.3) is 0 Å². The molecule has 0 aliphatic rings. The van der Waals surface area contributed by atoms with Crippen LogP contribution in [-0.2, 0) is 14.3 Å². The molecular weight excluding hydrogens is 232 g/mol. The zero-order valence-corrected chi connectivity index (χ0v) is 11.4. The van der Waals surface area contributed by atoms with Crippen LogP contribution >= 0.6 is 0 Å². The van der Waals surface area contributed by atoms with Gasteiger partial charge in [0.15, 0.2) is 0 Å². The second-order valence-electron chi connectivity index (χ2n) is 4.65. The smallest absolute Gasteiger partial charge is 0.330 e. The van der Waals surface area contributed by atoms with E-state index in [0.29, 0.717) is 6.61 Å². The molecule has 18 heavy (non-hydrogen) atoms. The minimum atomic E-state index is -0.721. The Morgan fingerprint density at radius 2 is 1.56 bits per heavy atom. The zero-order valence-electron chi connectivity index (χ0n) is 11.4. The van der Waals surface area contributed by atoms with Crippen LogP contribution in [0.2, 0.25) is 0 Å². The molecule has 0 aromatic heterocycles. The Balaban J connectivity index is 3.24. The highest BCUT2D eigenvalue weighted by Crippen LogP contribution is 2.07. The van der Waals surface area contributed by atoms with Gasteiger partial charge in [0, 0.05) is 12.5 Å². The Hall–Kier alpha value is -1.32. The van der Waals surface area contributed by atoms with Gasteiger partial charge in [0.05, 0.1) is 6.61 Å². The number of ether oxygens (including phenoxy) is 1. The number of carboxylic acid groups (broad SMARTS) is 1. The molecular formula is C14H24O4. The number of hydrogen-bond acceptors (Lipinski definition) is 3. The van der Waals surface area contributed by atoms with E-state index in [0.717, 1.165) is 44.1 Å². The number of esters is 1. The van der Waals surface area contributed by atoms with Crippen LogP contribution in [0.1, 0.15) is 58.8 Å². The summed E-state index contributed by atoms with van der Waals surface area (Å²) in [4.78, 5) is 21.4. The third-order valence-corrected chi connectivity index (χ3v) is 2.44. The molecule has 0 unspecified atom stereocenters. The molecule has 0 spiro atoms. The standard InChI is InChI=1S/C14H24O4/c1-12(2)11-14(17)18-10-8-6-4-3-5-7-9-13(15)16/h11H,3-10H2,1-2H3,(H,15,16). The quantitative estimate of drug-likeness (QED) is 0.370. The number of carboxylic acids is 1. The Bertz CT molecular complexity index is 278. The summed E-state index contributed by atoms with van der Waals surface area (Å²) >= 11 is 0. The van der Waals surface area contributed by atoms with Gasteiger partial charge in [-0.05, 0) is 26.7 Å². The lowest BCUT2D eigenvalue weighted by atomic mass is 10.1. The molecule has 0 saturated carbocycles. The van der Waals surface area contributed by atoms with Crippen LogP contribution in [0.4, 0.5) is 0 Å². The lowest BCUT2D eigenvalue weighted by Crippen LogP contribution is -2.02. The van der Waals surface area contributed by atoms with Crippen LogP contribution in [0.3, 0.4) is 0 Å². The summed E-state index contributed by atoms with van der Waals surface area (Å²) in [6.45, 7) is 4.19. The molecule has 0 fully saturated rings. The van der Waals surface area contributed by atoms with Crippen LogP contribution in [0, 0.1) is 0 Å². The zero-order chi connectivity index (χ0) is 13.8. The van der Waals surface area contributed by atoms with Crippen molar-refractivity contribution in [1.29, 1.82) is 0 Å². The predicted octanol–water partition coefficient (Wildman–Crippen LogP) is 3.31. The van der Waals surface area contributed by atoms with Crippen molar-refractivity contribution < 1.29 is 19.4 Å². The van der Waals surface area contributed by atoms with E-state index in [1.54, 1.807) is 0 Å². The summed E-state index contributed by atoms with van der Waals surface area (Å²) in [6, 6.07) is 0. The largest absolute Gasteiger partial charge is 0.481 e.